The smallest absolute Gasteiger partial charge is 0.286 e. The van der Waals surface area contributed by atoms with Gasteiger partial charge in [0.25, 0.3) is 11.8 Å². The molecule has 1 N–H and O–H groups in total. The molecular formula is C38H48ClN5O5S. The zero-order valence-electron chi connectivity index (χ0n) is 29.3. The zero-order valence-corrected chi connectivity index (χ0v) is 30.9. The monoisotopic (exact) mass is 721 g/mol. The first kappa shape index (κ1) is 36.1. The maximum Gasteiger partial charge on any atom is 0.286 e. The number of benzene rings is 2. The molecule has 0 saturated heterocycles. The van der Waals surface area contributed by atoms with Gasteiger partial charge in [-0.3, -0.25) is 19.0 Å². The topological polar surface area (TPSA) is 115 Å². The lowest BCUT2D eigenvalue weighted by Crippen LogP contribution is -2.43. The Labute approximate surface area is 300 Å². The van der Waals surface area contributed by atoms with Crippen LogP contribution in [0.3, 0.4) is 0 Å². The van der Waals surface area contributed by atoms with E-state index in [4.69, 9.17) is 21.1 Å². The third-order valence-electron chi connectivity index (χ3n) is 10.0. The predicted molar refractivity (Wildman–Crippen MR) is 197 cm³/mol. The second-order valence-corrected chi connectivity index (χ2v) is 16.6. The van der Waals surface area contributed by atoms with Crippen LogP contribution < -0.4 is 14.4 Å². The lowest BCUT2D eigenvalue weighted by molar-refractivity contribution is 0.0133. The Balaban J connectivity index is 1.44. The molecule has 2 bridgehead atoms. The number of carbonyl (C=O) groups excluding carboxylic acids is 2. The summed E-state index contributed by atoms with van der Waals surface area (Å²) < 4.78 is 35.5. The Kier molecular flexibility index (Phi) is 11.3. The molecule has 1 fully saturated rings. The molecule has 6 rings (SSSR count). The van der Waals surface area contributed by atoms with E-state index in [2.05, 4.69) is 43.4 Å². The second-order valence-electron chi connectivity index (χ2n) is 14.2. The van der Waals surface area contributed by atoms with Crippen LogP contribution in [-0.4, -0.2) is 57.9 Å². The van der Waals surface area contributed by atoms with E-state index in [1.165, 1.54) is 17.3 Å². The summed E-state index contributed by atoms with van der Waals surface area (Å²) in [7, 11) is -1.79. The predicted octanol–water partition coefficient (Wildman–Crippen LogP) is 7.43. The molecule has 3 heterocycles. The lowest BCUT2D eigenvalue weighted by Gasteiger charge is -2.43. The van der Waals surface area contributed by atoms with E-state index in [-0.39, 0.29) is 34.9 Å². The van der Waals surface area contributed by atoms with Crippen molar-refractivity contribution in [2.75, 3.05) is 30.9 Å². The highest BCUT2D eigenvalue weighted by Gasteiger charge is 2.38. The summed E-state index contributed by atoms with van der Waals surface area (Å²) >= 11 is 6.46. The summed E-state index contributed by atoms with van der Waals surface area (Å²) in [5, 5.41) is 4.96. The van der Waals surface area contributed by atoms with Gasteiger partial charge in [-0.1, -0.05) is 36.7 Å². The number of allylic oxidation sites excluding steroid dienone is 1. The number of ether oxygens (including phenoxy) is 2. The molecule has 50 heavy (non-hydrogen) atoms. The largest absolute Gasteiger partial charge is 0.491 e. The van der Waals surface area contributed by atoms with Crippen LogP contribution in [0.1, 0.15) is 90.8 Å². The molecule has 1 aromatic heterocycles. The lowest BCUT2D eigenvalue weighted by atomic mass is 9.70. The van der Waals surface area contributed by atoms with Gasteiger partial charge in [-0.15, -0.1) is 4.36 Å². The molecule has 1 aliphatic carbocycles. The molecule has 0 radical (unpaired) electrons. The summed E-state index contributed by atoms with van der Waals surface area (Å²) in [6.45, 7) is 7.72. The van der Waals surface area contributed by atoms with Crippen LogP contribution in [0.15, 0.2) is 65.3 Å². The molecule has 1 saturated carbocycles. The quantitative estimate of drug-likeness (QED) is 0.279. The van der Waals surface area contributed by atoms with Gasteiger partial charge in [-0.2, -0.15) is 5.10 Å². The average molecular weight is 722 g/mol. The van der Waals surface area contributed by atoms with Crippen LogP contribution in [0.4, 0.5) is 5.69 Å². The first-order valence-electron chi connectivity index (χ1n) is 17.7. The Morgan fingerprint density at radius 1 is 1.14 bits per heavy atom. The maximum absolute atomic E-state index is 14.5. The van der Waals surface area contributed by atoms with Gasteiger partial charge in [-0.25, -0.2) is 4.21 Å². The number of aromatic nitrogens is 2. The van der Waals surface area contributed by atoms with Crippen LogP contribution in [-0.2, 0) is 27.6 Å². The first-order chi connectivity index (χ1) is 24.0. The van der Waals surface area contributed by atoms with E-state index in [1.807, 2.05) is 32.9 Å². The summed E-state index contributed by atoms with van der Waals surface area (Å²) in [5.74, 6) is -0.0378. The number of nitrogens with zero attached hydrogens (tertiary/aromatic N) is 4. The van der Waals surface area contributed by atoms with E-state index in [0.29, 0.717) is 42.2 Å². The molecule has 1 unspecified atom stereocenters. The highest BCUT2D eigenvalue weighted by atomic mass is 35.5. The van der Waals surface area contributed by atoms with Gasteiger partial charge in [-0.05, 0) is 112 Å². The molecule has 10 nitrogen and oxygen atoms in total. The number of rotatable bonds is 4. The number of methoxy groups -OCH3 is 1. The van der Waals surface area contributed by atoms with E-state index >= 15 is 0 Å². The van der Waals surface area contributed by atoms with Crippen LogP contribution in [0.25, 0.3) is 0 Å². The fraction of sp³-hybridized carbons (Fsp3) is 0.500. The van der Waals surface area contributed by atoms with E-state index in [0.717, 1.165) is 44.3 Å². The van der Waals surface area contributed by atoms with Crippen molar-refractivity contribution in [1.82, 2.24) is 14.5 Å². The summed E-state index contributed by atoms with van der Waals surface area (Å²) in [5.41, 5.74) is 3.69. The van der Waals surface area contributed by atoms with Crippen molar-refractivity contribution in [3.63, 3.8) is 0 Å². The van der Waals surface area contributed by atoms with Gasteiger partial charge in [0.2, 0.25) is 0 Å². The molecule has 0 spiro atoms. The average Bonchev–Trinajstić information content (AvgIpc) is 3.56. The fourth-order valence-electron chi connectivity index (χ4n) is 7.12. The number of carbonyl (C=O) groups is 2. The van der Waals surface area contributed by atoms with Crippen molar-refractivity contribution in [3.8, 4) is 5.75 Å². The maximum atomic E-state index is 14.5. The van der Waals surface area contributed by atoms with Gasteiger partial charge in [0.1, 0.15) is 15.7 Å². The second kappa shape index (κ2) is 15.7. The molecule has 268 valence electrons. The van der Waals surface area contributed by atoms with Crippen molar-refractivity contribution in [1.29, 1.82) is 0 Å². The molecule has 2 amide bonds. The van der Waals surface area contributed by atoms with Crippen molar-refractivity contribution < 1.29 is 23.3 Å². The van der Waals surface area contributed by atoms with E-state index in [9.17, 15) is 13.8 Å². The minimum Gasteiger partial charge on any atom is -0.491 e. The fourth-order valence-corrected chi connectivity index (χ4v) is 9.20. The van der Waals surface area contributed by atoms with Crippen LogP contribution in [0, 0.1) is 17.8 Å². The highest BCUT2D eigenvalue weighted by molar-refractivity contribution is 7.92. The highest BCUT2D eigenvalue weighted by Crippen LogP contribution is 2.42. The van der Waals surface area contributed by atoms with E-state index < -0.39 is 21.7 Å². The SMILES string of the molecule is CO[C@H]1/C=C/C[C@H](C)CS(=O)(NC(=O)c2cnn(C(C)C)c2)=NC(=O)c2ccc3c(c2)N(Cc2ccc(Cl)cc2CCCCO3)C[C@@H]2CC[C@H]21. The van der Waals surface area contributed by atoms with Gasteiger partial charge in [0.15, 0.2) is 0 Å². The molecule has 5 atom stereocenters. The minimum atomic E-state index is -3.54. The number of aryl methyl sites for hydroxylation is 1. The number of fused-ring (bicyclic) bond motifs is 3. The number of nitrogens with one attached hydrogen (secondary N) is 1. The van der Waals surface area contributed by atoms with Crippen molar-refractivity contribution in [2.45, 2.75) is 78.0 Å². The van der Waals surface area contributed by atoms with Crippen molar-refractivity contribution in [3.05, 3.63) is 88.2 Å². The molecule has 2 aromatic carbocycles. The molecule has 2 aliphatic heterocycles. The number of halogens is 1. The van der Waals surface area contributed by atoms with Gasteiger partial charge >= 0.3 is 0 Å². The number of anilines is 1. The van der Waals surface area contributed by atoms with E-state index in [1.54, 1.807) is 30.1 Å². The summed E-state index contributed by atoms with van der Waals surface area (Å²) in [6.07, 6.45) is 12.6. The van der Waals surface area contributed by atoms with Gasteiger partial charge in [0, 0.05) is 43.0 Å². The Bertz CT molecular complexity index is 1870. The Morgan fingerprint density at radius 3 is 2.72 bits per heavy atom. The number of hydrogen-bond donors (Lipinski definition) is 1. The standard InChI is InChI=1S/C38H48ClN5O5S/c1-25(2)44-23-31(20-40-44)38(46)42-50(47)24-26(3)8-7-10-35(48-4)33-15-12-30(33)22-43-21-29-11-14-32(39)18-27(29)9-5-6-17-49-36-16-13-28(19-34(36)43)37(45)41-50/h7,10-11,13-14,16,18-20,23,25-26,30,33,35H,5-6,8-9,12,15,17,21-22,24H2,1-4H3,(H,41,42,45,46,47)/b10-7+/t26-,30-,33+,35-,50?/m0/s1. The van der Waals surface area contributed by atoms with Crippen LogP contribution >= 0.6 is 11.6 Å². The third-order valence-corrected chi connectivity index (χ3v) is 12.3. The molecule has 3 aliphatic rings. The van der Waals surface area contributed by atoms with Crippen molar-refractivity contribution in [2.24, 2.45) is 22.1 Å². The summed E-state index contributed by atoms with van der Waals surface area (Å²) in [4.78, 5) is 29.7. The van der Waals surface area contributed by atoms with Crippen LogP contribution in [0.5, 0.6) is 5.75 Å². The molecular weight excluding hydrogens is 674 g/mol. The Morgan fingerprint density at radius 2 is 1.98 bits per heavy atom. The first-order valence-corrected chi connectivity index (χ1v) is 19.7. The third kappa shape index (κ3) is 8.44. The molecule has 3 aromatic rings. The van der Waals surface area contributed by atoms with Crippen LogP contribution in [0.2, 0.25) is 5.02 Å². The zero-order chi connectivity index (χ0) is 35.4. The number of hydrogen-bond acceptors (Lipinski definition) is 7. The number of amides is 2. The van der Waals surface area contributed by atoms with Gasteiger partial charge in [0.05, 0.1) is 35.9 Å². The Hall–Kier alpha value is -3.67. The van der Waals surface area contributed by atoms with Gasteiger partial charge < -0.3 is 14.4 Å². The molecule has 12 heteroatoms. The minimum absolute atomic E-state index is 0.00361. The summed E-state index contributed by atoms with van der Waals surface area (Å²) in [6, 6.07) is 11.4. The van der Waals surface area contributed by atoms with Crippen molar-refractivity contribution >= 4 is 39.0 Å². The normalized spacial score (nSPS) is 26.7.